The molecule has 0 saturated carbocycles. The number of methoxy groups -OCH3 is 1. The predicted octanol–water partition coefficient (Wildman–Crippen LogP) is 7.94. The van der Waals surface area contributed by atoms with Crippen molar-refractivity contribution in [3.8, 4) is 23.0 Å². The van der Waals surface area contributed by atoms with Crippen molar-refractivity contribution in [2.45, 2.75) is 45.4 Å². The summed E-state index contributed by atoms with van der Waals surface area (Å²) < 4.78 is 18.0. The van der Waals surface area contributed by atoms with E-state index in [4.69, 9.17) is 14.2 Å². The Morgan fingerprint density at radius 2 is 1.54 bits per heavy atom. The summed E-state index contributed by atoms with van der Waals surface area (Å²) in [6, 6.07) is 22.3. The molecule has 6 heteroatoms. The second-order valence-corrected chi connectivity index (χ2v) is 11.2. The van der Waals surface area contributed by atoms with E-state index in [9.17, 15) is 0 Å². The fourth-order valence-corrected chi connectivity index (χ4v) is 4.92. The Kier molecular flexibility index (Phi) is 8.22. The standard InChI is InChI=1S/C33H39N3O3/c1-33(2,3)24-8-10-25(11-9-24)35-26-12-14-27(15-13-26)39-30-16-17-34-29-23-32(31(37-4)22-28(29)30)38-21-7-20-36-18-5-6-19-36/h8-17,22-23,35H,5-7,18-21H2,1-4H3. The lowest BCUT2D eigenvalue weighted by Gasteiger charge is -2.19. The van der Waals surface area contributed by atoms with Crippen molar-refractivity contribution in [3.63, 3.8) is 0 Å². The first-order chi connectivity index (χ1) is 18.9. The van der Waals surface area contributed by atoms with E-state index in [1.807, 2.05) is 42.5 Å². The molecule has 1 N–H and O–H groups in total. The first kappa shape index (κ1) is 26.8. The molecule has 0 aliphatic carbocycles. The number of rotatable bonds is 10. The molecule has 1 saturated heterocycles. The van der Waals surface area contributed by atoms with Gasteiger partial charge in [-0.25, -0.2) is 0 Å². The first-order valence-corrected chi connectivity index (χ1v) is 13.9. The van der Waals surface area contributed by atoms with Crippen LogP contribution in [0.1, 0.15) is 45.6 Å². The highest BCUT2D eigenvalue weighted by atomic mass is 16.5. The predicted molar refractivity (Wildman–Crippen MR) is 159 cm³/mol. The maximum absolute atomic E-state index is 6.28. The van der Waals surface area contributed by atoms with E-state index in [0.717, 1.165) is 46.7 Å². The third-order valence-corrected chi connectivity index (χ3v) is 7.18. The topological polar surface area (TPSA) is 55.9 Å². The van der Waals surface area contributed by atoms with Gasteiger partial charge in [0.25, 0.3) is 0 Å². The van der Waals surface area contributed by atoms with Crippen LogP contribution in [0.4, 0.5) is 11.4 Å². The zero-order chi connectivity index (χ0) is 27.2. The van der Waals surface area contributed by atoms with Gasteiger partial charge in [0, 0.05) is 35.6 Å². The summed E-state index contributed by atoms with van der Waals surface area (Å²) in [5.41, 5.74) is 4.31. The minimum Gasteiger partial charge on any atom is -0.493 e. The lowest BCUT2D eigenvalue weighted by molar-refractivity contribution is 0.254. The van der Waals surface area contributed by atoms with Crippen molar-refractivity contribution in [1.29, 1.82) is 0 Å². The van der Waals surface area contributed by atoms with Crippen molar-refractivity contribution in [1.82, 2.24) is 9.88 Å². The number of hydrogen-bond acceptors (Lipinski definition) is 6. The molecule has 2 heterocycles. The number of benzene rings is 3. The number of anilines is 2. The van der Waals surface area contributed by atoms with Crippen LogP contribution in [0.3, 0.4) is 0 Å². The van der Waals surface area contributed by atoms with Crippen LogP contribution in [0.2, 0.25) is 0 Å². The van der Waals surface area contributed by atoms with E-state index in [-0.39, 0.29) is 5.41 Å². The maximum Gasteiger partial charge on any atom is 0.163 e. The molecule has 0 atom stereocenters. The summed E-state index contributed by atoms with van der Waals surface area (Å²) >= 11 is 0. The molecule has 39 heavy (non-hydrogen) atoms. The Morgan fingerprint density at radius 1 is 0.846 bits per heavy atom. The molecular formula is C33H39N3O3. The largest absolute Gasteiger partial charge is 0.493 e. The normalized spacial score (nSPS) is 13.9. The highest BCUT2D eigenvalue weighted by Gasteiger charge is 2.15. The number of likely N-dealkylation sites (tertiary alicyclic amines) is 1. The second kappa shape index (κ2) is 12.0. The number of nitrogens with one attached hydrogen (secondary N) is 1. The number of aromatic nitrogens is 1. The quantitative estimate of drug-likeness (QED) is 0.212. The number of pyridine rings is 1. The average Bonchev–Trinajstić information content (AvgIpc) is 3.45. The molecule has 1 fully saturated rings. The second-order valence-electron chi connectivity index (χ2n) is 11.2. The smallest absolute Gasteiger partial charge is 0.163 e. The van der Waals surface area contributed by atoms with Gasteiger partial charge in [0.1, 0.15) is 11.5 Å². The van der Waals surface area contributed by atoms with Crippen LogP contribution in [-0.4, -0.2) is 43.2 Å². The van der Waals surface area contributed by atoms with Crippen LogP contribution in [-0.2, 0) is 5.41 Å². The van der Waals surface area contributed by atoms with Gasteiger partial charge in [0.2, 0.25) is 0 Å². The molecule has 1 aliphatic rings. The van der Waals surface area contributed by atoms with Gasteiger partial charge in [0.05, 0.1) is 19.2 Å². The van der Waals surface area contributed by atoms with Crippen LogP contribution in [0.15, 0.2) is 72.9 Å². The van der Waals surface area contributed by atoms with Gasteiger partial charge in [0.15, 0.2) is 11.5 Å². The molecule has 0 radical (unpaired) electrons. The molecule has 5 rings (SSSR count). The third kappa shape index (κ3) is 6.82. The molecule has 0 bridgehead atoms. The van der Waals surface area contributed by atoms with Crippen molar-refractivity contribution >= 4 is 22.3 Å². The summed E-state index contributed by atoms with van der Waals surface area (Å²) in [6.45, 7) is 10.8. The minimum atomic E-state index is 0.139. The summed E-state index contributed by atoms with van der Waals surface area (Å²) in [5.74, 6) is 2.86. The van der Waals surface area contributed by atoms with Crippen LogP contribution >= 0.6 is 0 Å². The van der Waals surface area contributed by atoms with E-state index >= 15 is 0 Å². The Balaban J connectivity index is 1.24. The van der Waals surface area contributed by atoms with E-state index in [0.29, 0.717) is 18.1 Å². The first-order valence-electron chi connectivity index (χ1n) is 13.9. The number of nitrogens with zero attached hydrogens (tertiary/aromatic N) is 2. The molecule has 1 aromatic heterocycles. The third-order valence-electron chi connectivity index (χ3n) is 7.18. The van der Waals surface area contributed by atoms with Gasteiger partial charge in [-0.2, -0.15) is 0 Å². The zero-order valence-corrected chi connectivity index (χ0v) is 23.5. The van der Waals surface area contributed by atoms with E-state index in [1.165, 1.54) is 31.5 Å². The monoisotopic (exact) mass is 525 g/mol. The van der Waals surface area contributed by atoms with Crippen molar-refractivity contribution in [3.05, 3.63) is 78.5 Å². The van der Waals surface area contributed by atoms with Crippen molar-refractivity contribution < 1.29 is 14.2 Å². The minimum absolute atomic E-state index is 0.139. The highest BCUT2D eigenvalue weighted by molar-refractivity contribution is 5.88. The van der Waals surface area contributed by atoms with Crippen LogP contribution in [0.5, 0.6) is 23.0 Å². The van der Waals surface area contributed by atoms with Gasteiger partial charge >= 0.3 is 0 Å². The molecule has 4 aromatic rings. The maximum atomic E-state index is 6.28. The molecule has 204 valence electrons. The van der Waals surface area contributed by atoms with Crippen molar-refractivity contribution in [2.24, 2.45) is 0 Å². The SMILES string of the molecule is COc1cc2c(Oc3ccc(Nc4ccc(C(C)(C)C)cc4)cc3)ccnc2cc1OCCCN1CCCC1. The lowest BCUT2D eigenvalue weighted by Crippen LogP contribution is -2.21. The molecule has 0 amide bonds. The lowest BCUT2D eigenvalue weighted by atomic mass is 9.87. The van der Waals surface area contributed by atoms with E-state index < -0.39 is 0 Å². The van der Waals surface area contributed by atoms with E-state index in [2.05, 4.69) is 60.2 Å². The van der Waals surface area contributed by atoms with Crippen LogP contribution in [0, 0.1) is 0 Å². The van der Waals surface area contributed by atoms with Crippen molar-refractivity contribution in [2.75, 3.05) is 38.7 Å². The zero-order valence-electron chi connectivity index (χ0n) is 23.5. The van der Waals surface area contributed by atoms with Gasteiger partial charge in [-0.05, 0) is 91.9 Å². The number of fused-ring (bicyclic) bond motifs is 1. The number of hydrogen-bond donors (Lipinski definition) is 1. The van der Waals surface area contributed by atoms with E-state index in [1.54, 1.807) is 13.3 Å². The molecular weight excluding hydrogens is 486 g/mol. The summed E-state index contributed by atoms with van der Waals surface area (Å²) in [6.07, 6.45) is 5.37. The Bertz CT molecular complexity index is 1370. The number of ether oxygens (including phenoxy) is 3. The van der Waals surface area contributed by atoms with Gasteiger partial charge in [-0.3, -0.25) is 4.98 Å². The summed E-state index contributed by atoms with van der Waals surface area (Å²) in [5, 5.41) is 4.34. The average molecular weight is 526 g/mol. The highest BCUT2D eigenvalue weighted by Crippen LogP contribution is 2.37. The molecule has 1 aliphatic heterocycles. The van der Waals surface area contributed by atoms with Crippen LogP contribution in [0.25, 0.3) is 10.9 Å². The summed E-state index contributed by atoms with van der Waals surface area (Å²) in [4.78, 5) is 7.06. The van der Waals surface area contributed by atoms with Gasteiger partial charge < -0.3 is 24.4 Å². The fourth-order valence-electron chi connectivity index (χ4n) is 4.92. The Labute approximate surface area is 231 Å². The van der Waals surface area contributed by atoms with Gasteiger partial charge in [-0.15, -0.1) is 0 Å². The van der Waals surface area contributed by atoms with Gasteiger partial charge in [-0.1, -0.05) is 32.9 Å². The molecule has 3 aromatic carbocycles. The Morgan fingerprint density at radius 3 is 2.21 bits per heavy atom. The molecule has 6 nitrogen and oxygen atoms in total. The Hall–Kier alpha value is -3.77. The van der Waals surface area contributed by atoms with Crippen LogP contribution < -0.4 is 19.5 Å². The summed E-state index contributed by atoms with van der Waals surface area (Å²) in [7, 11) is 1.66. The molecule has 0 spiro atoms. The fraction of sp³-hybridized carbons (Fsp3) is 0.364. The molecule has 0 unspecified atom stereocenters.